The molecule has 23 heavy (non-hydrogen) atoms. The number of benzene rings is 2. The van der Waals surface area contributed by atoms with Crippen LogP contribution in [0.25, 0.3) is 0 Å². The number of ether oxygens (including phenoxy) is 2. The van der Waals surface area contributed by atoms with Gasteiger partial charge in [-0.05, 0) is 49.7 Å². The van der Waals surface area contributed by atoms with Crippen molar-refractivity contribution >= 4 is 5.91 Å². The minimum atomic E-state index is -0.399. The molecule has 1 atom stereocenters. The van der Waals surface area contributed by atoms with E-state index in [9.17, 15) is 9.18 Å². The molecule has 0 saturated heterocycles. The molecule has 0 aliphatic heterocycles. The molecule has 2 aromatic carbocycles. The highest BCUT2D eigenvalue weighted by molar-refractivity contribution is 5.94. The van der Waals surface area contributed by atoms with E-state index in [4.69, 9.17) is 9.47 Å². The lowest BCUT2D eigenvalue weighted by Crippen LogP contribution is -2.27. The summed E-state index contributed by atoms with van der Waals surface area (Å²) in [5.74, 6) is 0.572. The van der Waals surface area contributed by atoms with Crippen LogP contribution >= 0.6 is 0 Å². The minimum absolute atomic E-state index is 0.279. The quantitative estimate of drug-likeness (QED) is 0.916. The van der Waals surface area contributed by atoms with Crippen LogP contribution in [-0.4, -0.2) is 20.1 Å². The Morgan fingerprint density at radius 3 is 2.48 bits per heavy atom. The number of hydrogen-bond donors (Lipinski definition) is 1. The fraction of sp³-hybridized carbons (Fsp3) is 0.278. The summed E-state index contributed by atoms with van der Waals surface area (Å²) in [6.45, 7) is 3.49. The van der Waals surface area contributed by atoms with Crippen LogP contribution in [0.1, 0.15) is 34.5 Å². The van der Waals surface area contributed by atoms with Gasteiger partial charge in [0, 0.05) is 11.1 Å². The van der Waals surface area contributed by atoms with Crippen molar-refractivity contribution in [1.82, 2.24) is 5.32 Å². The molecule has 0 aromatic heterocycles. The molecule has 0 radical (unpaired) electrons. The maximum Gasteiger partial charge on any atom is 0.251 e. The van der Waals surface area contributed by atoms with E-state index in [2.05, 4.69) is 5.32 Å². The third kappa shape index (κ3) is 3.80. The van der Waals surface area contributed by atoms with Crippen molar-refractivity contribution in [3.8, 4) is 11.5 Å². The lowest BCUT2D eigenvalue weighted by atomic mass is 10.1. The molecule has 0 aliphatic carbocycles. The van der Waals surface area contributed by atoms with Crippen molar-refractivity contribution in [2.24, 2.45) is 0 Å². The highest BCUT2D eigenvalue weighted by Gasteiger charge is 2.17. The molecular formula is C18H20FNO3. The number of amides is 1. The van der Waals surface area contributed by atoms with E-state index < -0.39 is 5.82 Å². The molecule has 2 aromatic rings. The summed E-state index contributed by atoms with van der Waals surface area (Å²) in [6, 6.07) is 9.47. The summed E-state index contributed by atoms with van der Waals surface area (Å²) in [5.41, 5.74) is 1.57. The number of nitrogens with one attached hydrogen (secondary N) is 1. The molecule has 0 aliphatic rings. The Labute approximate surface area is 135 Å². The second kappa shape index (κ2) is 7.13. The predicted octanol–water partition coefficient (Wildman–Crippen LogP) is 3.64. The maximum absolute atomic E-state index is 13.6. The van der Waals surface area contributed by atoms with E-state index in [1.165, 1.54) is 6.07 Å². The molecule has 4 nitrogen and oxygen atoms in total. The van der Waals surface area contributed by atoms with E-state index in [0.717, 1.165) is 5.56 Å². The number of methoxy groups -OCH3 is 2. The number of rotatable bonds is 5. The number of aryl methyl sites for hydroxylation is 1. The summed E-state index contributed by atoms with van der Waals surface area (Å²) in [6.07, 6.45) is 0. The topological polar surface area (TPSA) is 47.6 Å². The van der Waals surface area contributed by atoms with Crippen molar-refractivity contribution in [1.29, 1.82) is 0 Å². The monoisotopic (exact) mass is 317 g/mol. The number of carbonyl (C=O) groups is 1. The van der Waals surface area contributed by atoms with Crippen LogP contribution < -0.4 is 14.8 Å². The van der Waals surface area contributed by atoms with Crippen molar-refractivity contribution in [2.45, 2.75) is 19.9 Å². The number of halogens is 1. The Morgan fingerprint density at radius 1 is 1.13 bits per heavy atom. The SMILES string of the molecule is COc1ccc(OC)c(C(C)NC(=O)c2ccc(C)c(F)c2)c1. The van der Waals surface area contributed by atoms with Crippen molar-refractivity contribution < 1.29 is 18.7 Å². The van der Waals surface area contributed by atoms with Crippen LogP contribution in [-0.2, 0) is 0 Å². The Kier molecular flexibility index (Phi) is 5.21. The average molecular weight is 317 g/mol. The highest BCUT2D eigenvalue weighted by Crippen LogP contribution is 2.29. The van der Waals surface area contributed by atoms with E-state index in [0.29, 0.717) is 17.1 Å². The normalized spacial score (nSPS) is 11.7. The average Bonchev–Trinajstić information content (AvgIpc) is 2.56. The Morgan fingerprint density at radius 2 is 1.87 bits per heavy atom. The molecule has 0 saturated carbocycles. The molecule has 0 fully saturated rings. The van der Waals surface area contributed by atoms with Crippen molar-refractivity contribution in [2.75, 3.05) is 14.2 Å². The number of carbonyl (C=O) groups excluding carboxylic acids is 1. The van der Waals surface area contributed by atoms with E-state index in [1.54, 1.807) is 51.5 Å². The highest BCUT2D eigenvalue weighted by atomic mass is 19.1. The van der Waals surface area contributed by atoms with Crippen LogP contribution in [0.4, 0.5) is 4.39 Å². The van der Waals surface area contributed by atoms with Crippen LogP contribution in [0.3, 0.4) is 0 Å². The second-order valence-corrected chi connectivity index (χ2v) is 5.27. The Bertz CT molecular complexity index is 715. The molecule has 0 spiro atoms. The first kappa shape index (κ1) is 16.8. The molecule has 1 amide bonds. The van der Waals surface area contributed by atoms with E-state index in [-0.39, 0.29) is 17.5 Å². The van der Waals surface area contributed by atoms with Gasteiger partial charge in [-0.2, -0.15) is 0 Å². The van der Waals surface area contributed by atoms with Crippen molar-refractivity contribution in [3.05, 3.63) is 58.9 Å². The van der Waals surface area contributed by atoms with Gasteiger partial charge >= 0.3 is 0 Å². The first-order chi connectivity index (χ1) is 11.0. The van der Waals surface area contributed by atoms with Gasteiger partial charge in [-0.1, -0.05) is 6.07 Å². The third-order valence-corrected chi connectivity index (χ3v) is 3.68. The molecule has 0 heterocycles. The van der Waals surface area contributed by atoms with Gasteiger partial charge in [-0.25, -0.2) is 4.39 Å². The molecule has 2 rings (SSSR count). The smallest absolute Gasteiger partial charge is 0.251 e. The molecule has 1 N–H and O–H groups in total. The predicted molar refractivity (Wildman–Crippen MR) is 86.6 cm³/mol. The first-order valence-corrected chi connectivity index (χ1v) is 7.25. The third-order valence-electron chi connectivity index (χ3n) is 3.68. The zero-order valence-corrected chi connectivity index (χ0v) is 13.6. The van der Waals surface area contributed by atoms with Crippen LogP contribution in [0.15, 0.2) is 36.4 Å². The zero-order chi connectivity index (χ0) is 17.0. The van der Waals surface area contributed by atoms with Crippen LogP contribution in [0.5, 0.6) is 11.5 Å². The molecule has 5 heteroatoms. The van der Waals surface area contributed by atoms with Gasteiger partial charge < -0.3 is 14.8 Å². The minimum Gasteiger partial charge on any atom is -0.497 e. The van der Waals surface area contributed by atoms with E-state index in [1.807, 2.05) is 6.92 Å². The molecular weight excluding hydrogens is 297 g/mol. The van der Waals surface area contributed by atoms with Gasteiger partial charge in [-0.3, -0.25) is 4.79 Å². The van der Waals surface area contributed by atoms with Crippen molar-refractivity contribution in [3.63, 3.8) is 0 Å². The fourth-order valence-electron chi connectivity index (χ4n) is 2.27. The van der Waals surface area contributed by atoms with Gasteiger partial charge in [0.2, 0.25) is 0 Å². The van der Waals surface area contributed by atoms with Gasteiger partial charge in [0.15, 0.2) is 0 Å². The zero-order valence-electron chi connectivity index (χ0n) is 13.6. The van der Waals surface area contributed by atoms with Gasteiger partial charge in [0.1, 0.15) is 17.3 Å². The van der Waals surface area contributed by atoms with Gasteiger partial charge in [-0.15, -0.1) is 0 Å². The molecule has 0 bridgehead atoms. The summed E-state index contributed by atoms with van der Waals surface area (Å²) >= 11 is 0. The Balaban J connectivity index is 2.22. The largest absolute Gasteiger partial charge is 0.497 e. The lowest BCUT2D eigenvalue weighted by Gasteiger charge is -2.18. The first-order valence-electron chi connectivity index (χ1n) is 7.25. The van der Waals surface area contributed by atoms with E-state index >= 15 is 0 Å². The fourth-order valence-corrected chi connectivity index (χ4v) is 2.27. The van der Waals surface area contributed by atoms with Crippen LogP contribution in [0.2, 0.25) is 0 Å². The van der Waals surface area contributed by atoms with Gasteiger partial charge in [0.25, 0.3) is 5.91 Å². The Hall–Kier alpha value is -2.56. The summed E-state index contributed by atoms with van der Waals surface area (Å²) in [7, 11) is 3.14. The summed E-state index contributed by atoms with van der Waals surface area (Å²) in [4.78, 5) is 12.3. The summed E-state index contributed by atoms with van der Waals surface area (Å²) in [5, 5.41) is 2.84. The van der Waals surface area contributed by atoms with Crippen LogP contribution in [0, 0.1) is 12.7 Å². The standard InChI is InChI=1S/C18H20FNO3/c1-11-5-6-13(9-16(11)19)18(21)20-12(2)15-10-14(22-3)7-8-17(15)23-4/h5-10,12H,1-4H3,(H,20,21). The molecule has 122 valence electrons. The maximum atomic E-state index is 13.6. The molecule has 1 unspecified atom stereocenters. The lowest BCUT2D eigenvalue weighted by molar-refractivity contribution is 0.0939. The van der Waals surface area contributed by atoms with Gasteiger partial charge in [0.05, 0.1) is 20.3 Å². The number of hydrogen-bond acceptors (Lipinski definition) is 3. The summed E-state index contributed by atoms with van der Waals surface area (Å²) < 4.78 is 24.1. The second-order valence-electron chi connectivity index (χ2n) is 5.27.